The minimum atomic E-state index is -0.634. The number of halogens is 1. The van der Waals surface area contributed by atoms with Crippen molar-refractivity contribution in [1.82, 2.24) is 10.9 Å². The van der Waals surface area contributed by atoms with Crippen LogP contribution in [0.5, 0.6) is 0 Å². The van der Waals surface area contributed by atoms with Crippen LogP contribution in [0.3, 0.4) is 0 Å². The number of carbonyl (C=O) groups excluding carboxylic acids is 3. The Kier molecular flexibility index (Phi) is 5.37. The molecule has 3 rings (SSSR count). The van der Waals surface area contributed by atoms with E-state index in [2.05, 4.69) is 10.9 Å². The molecule has 0 heterocycles. The molecule has 0 saturated heterocycles. The van der Waals surface area contributed by atoms with Gasteiger partial charge in [-0.25, -0.2) is 4.39 Å². The highest BCUT2D eigenvalue weighted by Gasteiger charge is 2.18. The number of hydrogen-bond acceptors (Lipinski definition) is 3. The second-order valence-corrected chi connectivity index (χ2v) is 5.66. The van der Waals surface area contributed by atoms with E-state index in [1.807, 2.05) is 0 Å². The zero-order valence-corrected chi connectivity index (χ0v) is 14.1. The van der Waals surface area contributed by atoms with Gasteiger partial charge in [-0.15, -0.1) is 0 Å². The number of ketones is 1. The van der Waals surface area contributed by atoms with Crippen LogP contribution in [0.25, 0.3) is 0 Å². The van der Waals surface area contributed by atoms with Gasteiger partial charge in [0.2, 0.25) is 0 Å². The van der Waals surface area contributed by atoms with E-state index in [0.29, 0.717) is 5.56 Å². The lowest BCUT2D eigenvalue weighted by atomic mass is 9.98. The van der Waals surface area contributed by atoms with Crippen LogP contribution in [0.2, 0.25) is 0 Å². The zero-order valence-electron chi connectivity index (χ0n) is 14.1. The maximum absolute atomic E-state index is 12.9. The van der Waals surface area contributed by atoms with Crippen LogP contribution in [0.4, 0.5) is 4.39 Å². The van der Waals surface area contributed by atoms with Gasteiger partial charge in [0.05, 0.1) is 5.56 Å². The largest absolute Gasteiger partial charge is 0.289 e. The van der Waals surface area contributed by atoms with Crippen molar-refractivity contribution in [3.8, 4) is 0 Å². The van der Waals surface area contributed by atoms with Crippen LogP contribution < -0.4 is 10.9 Å². The summed E-state index contributed by atoms with van der Waals surface area (Å²) in [5, 5.41) is 0. The maximum atomic E-state index is 12.9. The lowest BCUT2D eigenvalue weighted by molar-refractivity contribution is 0.0845. The van der Waals surface area contributed by atoms with Gasteiger partial charge < -0.3 is 0 Å². The highest BCUT2D eigenvalue weighted by Crippen LogP contribution is 2.14. The number of hydrogen-bond donors (Lipinski definition) is 2. The van der Waals surface area contributed by atoms with Gasteiger partial charge in [-0.3, -0.25) is 25.2 Å². The molecule has 6 heteroatoms. The molecule has 0 aliphatic rings. The van der Waals surface area contributed by atoms with Crippen LogP contribution in [-0.2, 0) is 0 Å². The summed E-state index contributed by atoms with van der Waals surface area (Å²) in [5.41, 5.74) is 5.51. The van der Waals surface area contributed by atoms with Crippen molar-refractivity contribution >= 4 is 17.6 Å². The van der Waals surface area contributed by atoms with Gasteiger partial charge in [0, 0.05) is 16.7 Å². The van der Waals surface area contributed by atoms with Crippen molar-refractivity contribution in [1.29, 1.82) is 0 Å². The maximum Gasteiger partial charge on any atom is 0.270 e. The molecule has 134 valence electrons. The standard InChI is InChI=1S/C21H15FN2O3/c22-16-12-10-15(11-13-16)20(26)23-24-21(27)18-9-5-4-8-17(18)19(25)14-6-2-1-3-7-14/h1-13H,(H,23,26)(H,24,27). The number of benzene rings is 3. The number of amides is 2. The third-order valence-corrected chi connectivity index (χ3v) is 3.85. The summed E-state index contributed by atoms with van der Waals surface area (Å²) in [6, 6.07) is 19.8. The van der Waals surface area contributed by atoms with Gasteiger partial charge in [-0.05, 0) is 30.3 Å². The quantitative estimate of drug-likeness (QED) is 0.553. The SMILES string of the molecule is O=C(NNC(=O)c1ccccc1C(=O)c1ccccc1)c1ccc(F)cc1. The predicted molar refractivity (Wildman–Crippen MR) is 97.6 cm³/mol. The van der Waals surface area contributed by atoms with E-state index in [1.165, 1.54) is 18.2 Å². The summed E-state index contributed by atoms with van der Waals surface area (Å²) in [4.78, 5) is 37.1. The second kappa shape index (κ2) is 8.05. The summed E-state index contributed by atoms with van der Waals surface area (Å²) >= 11 is 0. The van der Waals surface area contributed by atoms with Crippen LogP contribution in [-0.4, -0.2) is 17.6 Å². The second-order valence-electron chi connectivity index (χ2n) is 5.66. The lowest BCUT2D eigenvalue weighted by Gasteiger charge is -2.11. The van der Waals surface area contributed by atoms with Gasteiger partial charge in [-0.1, -0.05) is 48.5 Å². The van der Waals surface area contributed by atoms with E-state index >= 15 is 0 Å². The Balaban J connectivity index is 1.75. The van der Waals surface area contributed by atoms with Crippen molar-refractivity contribution in [2.75, 3.05) is 0 Å². The fourth-order valence-electron chi connectivity index (χ4n) is 2.48. The molecule has 0 atom stereocenters. The zero-order chi connectivity index (χ0) is 19.2. The van der Waals surface area contributed by atoms with Crippen LogP contribution in [0, 0.1) is 5.82 Å². The van der Waals surface area contributed by atoms with Gasteiger partial charge in [0.25, 0.3) is 11.8 Å². The summed E-state index contributed by atoms with van der Waals surface area (Å²) < 4.78 is 12.9. The smallest absolute Gasteiger partial charge is 0.270 e. The minimum Gasteiger partial charge on any atom is -0.289 e. The van der Waals surface area contributed by atoms with Gasteiger partial charge in [-0.2, -0.15) is 0 Å². The molecular weight excluding hydrogens is 347 g/mol. The van der Waals surface area contributed by atoms with Crippen LogP contribution in [0.1, 0.15) is 36.6 Å². The first-order valence-electron chi connectivity index (χ1n) is 8.11. The number of hydrazine groups is 1. The molecule has 2 amide bonds. The molecule has 3 aromatic rings. The van der Waals surface area contributed by atoms with E-state index in [-0.39, 0.29) is 22.5 Å². The Morgan fingerprint density at radius 3 is 1.81 bits per heavy atom. The van der Waals surface area contributed by atoms with Gasteiger partial charge in [0.1, 0.15) is 5.82 Å². The Hall–Kier alpha value is -3.80. The van der Waals surface area contributed by atoms with Crippen molar-refractivity contribution in [2.24, 2.45) is 0 Å². The molecule has 27 heavy (non-hydrogen) atoms. The van der Waals surface area contributed by atoms with Crippen molar-refractivity contribution in [3.63, 3.8) is 0 Å². The normalized spacial score (nSPS) is 10.1. The fourth-order valence-corrected chi connectivity index (χ4v) is 2.48. The number of nitrogens with one attached hydrogen (secondary N) is 2. The van der Waals surface area contributed by atoms with Crippen molar-refractivity contribution in [2.45, 2.75) is 0 Å². The molecule has 0 fully saturated rings. The van der Waals surface area contributed by atoms with Crippen LogP contribution in [0.15, 0.2) is 78.9 Å². The van der Waals surface area contributed by atoms with Gasteiger partial charge in [0.15, 0.2) is 5.78 Å². The van der Waals surface area contributed by atoms with E-state index in [0.717, 1.165) is 12.1 Å². The van der Waals surface area contributed by atoms with E-state index in [1.54, 1.807) is 48.5 Å². The summed E-state index contributed by atoms with van der Waals surface area (Å²) in [6.07, 6.45) is 0. The molecule has 0 radical (unpaired) electrons. The summed E-state index contributed by atoms with van der Waals surface area (Å²) in [7, 11) is 0. The van der Waals surface area contributed by atoms with E-state index in [4.69, 9.17) is 0 Å². The number of rotatable bonds is 4. The third-order valence-electron chi connectivity index (χ3n) is 3.85. The highest BCUT2D eigenvalue weighted by molar-refractivity contribution is 6.15. The monoisotopic (exact) mass is 362 g/mol. The Morgan fingerprint density at radius 1 is 0.593 bits per heavy atom. The molecule has 0 spiro atoms. The lowest BCUT2D eigenvalue weighted by Crippen LogP contribution is -2.42. The average molecular weight is 362 g/mol. The fraction of sp³-hybridized carbons (Fsp3) is 0. The Bertz CT molecular complexity index is 986. The molecule has 5 nitrogen and oxygen atoms in total. The first-order valence-corrected chi connectivity index (χ1v) is 8.11. The average Bonchev–Trinajstić information content (AvgIpc) is 2.72. The molecule has 0 unspecified atom stereocenters. The first-order chi connectivity index (χ1) is 13.1. The van der Waals surface area contributed by atoms with Crippen molar-refractivity contribution in [3.05, 3.63) is 107 Å². The molecule has 0 aromatic heterocycles. The predicted octanol–water partition coefficient (Wildman–Crippen LogP) is 3.13. The Morgan fingerprint density at radius 2 is 1.15 bits per heavy atom. The van der Waals surface area contributed by atoms with Crippen LogP contribution >= 0.6 is 0 Å². The number of carbonyl (C=O) groups is 3. The minimum absolute atomic E-state index is 0.130. The summed E-state index contributed by atoms with van der Waals surface area (Å²) in [6.45, 7) is 0. The summed E-state index contributed by atoms with van der Waals surface area (Å²) in [5.74, 6) is -2.00. The topological polar surface area (TPSA) is 75.3 Å². The molecule has 0 aliphatic heterocycles. The molecule has 0 bridgehead atoms. The highest BCUT2D eigenvalue weighted by atomic mass is 19.1. The van der Waals surface area contributed by atoms with E-state index < -0.39 is 17.6 Å². The van der Waals surface area contributed by atoms with Crippen molar-refractivity contribution < 1.29 is 18.8 Å². The Labute approximate surface area is 154 Å². The molecule has 3 aromatic carbocycles. The van der Waals surface area contributed by atoms with E-state index in [9.17, 15) is 18.8 Å². The first kappa shape index (κ1) is 18.0. The van der Waals surface area contributed by atoms with Gasteiger partial charge >= 0.3 is 0 Å². The third kappa shape index (κ3) is 4.24. The molecule has 0 saturated carbocycles. The molecular formula is C21H15FN2O3. The molecule has 0 aliphatic carbocycles. The molecule has 2 N–H and O–H groups in total.